The standard InChI is InChI=1S/C17H18N4O/c1-20-16-8-3-2-5-13(16)9-14(17(20)22)10-21-11-15(18-19-21)12-6-4-7-12/h2-3,5,8-9,11-12H,4,6-7,10H2,1H3. The number of aromatic nitrogens is 4. The van der Waals surface area contributed by atoms with E-state index in [9.17, 15) is 4.79 Å². The third kappa shape index (κ3) is 2.13. The smallest absolute Gasteiger partial charge is 0.255 e. The first-order valence-corrected chi connectivity index (χ1v) is 7.70. The highest BCUT2D eigenvalue weighted by molar-refractivity contribution is 5.79. The van der Waals surface area contributed by atoms with Crippen molar-refractivity contribution in [2.45, 2.75) is 31.7 Å². The molecule has 3 aromatic rings. The van der Waals surface area contributed by atoms with Gasteiger partial charge in [-0.2, -0.15) is 0 Å². The van der Waals surface area contributed by atoms with Crippen LogP contribution in [0.1, 0.15) is 36.4 Å². The molecule has 0 radical (unpaired) electrons. The van der Waals surface area contributed by atoms with E-state index in [1.807, 2.05) is 43.6 Å². The van der Waals surface area contributed by atoms with Crippen LogP contribution in [-0.4, -0.2) is 19.6 Å². The van der Waals surface area contributed by atoms with Gasteiger partial charge in [-0.05, 0) is 30.4 Å². The Morgan fingerprint density at radius 2 is 2.09 bits per heavy atom. The van der Waals surface area contributed by atoms with E-state index in [4.69, 9.17) is 0 Å². The van der Waals surface area contributed by atoms with Crippen molar-refractivity contribution in [1.29, 1.82) is 0 Å². The average Bonchev–Trinajstić information content (AvgIpc) is 2.91. The Morgan fingerprint density at radius 1 is 1.27 bits per heavy atom. The molecule has 1 aliphatic rings. The Hall–Kier alpha value is -2.43. The molecular formula is C17H18N4O. The molecule has 1 aromatic carbocycles. The molecule has 1 saturated carbocycles. The first kappa shape index (κ1) is 13.2. The predicted octanol–water partition coefficient (Wildman–Crippen LogP) is 2.45. The van der Waals surface area contributed by atoms with Crippen LogP contribution in [0, 0.1) is 0 Å². The van der Waals surface area contributed by atoms with Gasteiger partial charge in [0.1, 0.15) is 0 Å². The number of hydrogen-bond donors (Lipinski definition) is 0. The molecule has 22 heavy (non-hydrogen) atoms. The largest absolute Gasteiger partial charge is 0.311 e. The quantitative estimate of drug-likeness (QED) is 0.745. The number of fused-ring (bicyclic) bond motifs is 1. The summed E-state index contributed by atoms with van der Waals surface area (Å²) in [4.78, 5) is 12.5. The van der Waals surface area contributed by atoms with Crippen LogP contribution in [-0.2, 0) is 13.6 Å². The molecule has 0 aliphatic heterocycles. The summed E-state index contributed by atoms with van der Waals surface area (Å²) in [6.07, 6.45) is 5.67. The van der Waals surface area contributed by atoms with Crippen LogP contribution in [0.4, 0.5) is 0 Å². The van der Waals surface area contributed by atoms with Gasteiger partial charge in [-0.15, -0.1) is 5.10 Å². The first-order chi connectivity index (χ1) is 10.7. The number of para-hydroxylation sites is 1. The molecular weight excluding hydrogens is 276 g/mol. The minimum Gasteiger partial charge on any atom is -0.311 e. The van der Waals surface area contributed by atoms with Crippen LogP contribution in [0.25, 0.3) is 10.9 Å². The van der Waals surface area contributed by atoms with Gasteiger partial charge in [0.15, 0.2) is 0 Å². The predicted molar refractivity (Wildman–Crippen MR) is 84.9 cm³/mol. The molecule has 0 spiro atoms. The van der Waals surface area contributed by atoms with Gasteiger partial charge < -0.3 is 4.57 Å². The summed E-state index contributed by atoms with van der Waals surface area (Å²) in [6.45, 7) is 0.469. The Bertz CT molecular complexity index is 889. The summed E-state index contributed by atoms with van der Waals surface area (Å²) < 4.78 is 3.48. The van der Waals surface area contributed by atoms with Gasteiger partial charge in [0, 0.05) is 24.7 Å². The van der Waals surface area contributed by atoms with Gasteiger partial charge in [0.05, 0.1) is 17.8 Å². The van der Waals surface area contributed by atoms with Crippen LogP contribution in [0.15, 0.2) is 41.3 Å². The highest BCUT2D eigenvalue weighted by Crippen LogP contribution is 2.34. The minimum atomic E-state index is 0.0272. The number of rotatable bonds is 3. The maximum absolute atomic E-state index is 12.5. The number of pyridine rings is 1. The van der Waals surface area contributed by atoms with E-state index in [1.165, 1.54) is 19.3 Å². The van der Waals surface area contributed by atoms with Crippen molar-refractivity contribution >= 4 is 10.9 Å². The van der Waals surface area contributed by atoms with Crippen LogP contribution < -0.4 is 5.56 Å². The summed E-state index contributed by atoms with van der Waals surface area (Å²) in [5.74, 6) is 0.563. The second kappa shape index (κ2) is 5.09. The van der Waals surface area contributed by atoms with E-state index in [1.54, 1.807) is 9.25 Å². The average molecular weight is 294 g/mol. The number of aryl methyl sites for hydroxylation is 1. The fourth-order valence-electron chi connectivity index (χ4n) is 3.06. The molecule has 5 heteroatoms. The van der Waals surface area contributed by atoms with E-state index >= 15 is 0 Å². The lowest BCUT2D eigenvalue weighted by atomic mass is 9.83. The van der Waals surface area contributed by atoms with Gasteiger partial charge in [-0.3, -0.25) is 4.79 Å². The summed E-state index contributed by atoms with van der Waals surface area (Å²) in [7, 11) is 1.81. The van der Waals surface area contributed by atoms with Crippen molar-refractivity contribution in [3.8, 4) is 0 Å². The normalized spacial score (nSPS) is 15.1. The van der Waals surface area contributed by atoms with E-state index in [0.29, 0.717) is 12.5 Å². The maximum Gasteiger partial charge on any atom is 0.255 e. The zero-order valence-electron chi connectivity index (χ0n) is 12.6. The van der Waals surface area contributed by atoms with Gasteiger partial charge >= 0.3 is 0 Å². The highest BCUT2D eigenvalue weighted by atomic mass is 16.1. The van der Waals surface area contributed by atoms with Crippen molar-refractivity contribution in [2.24, 2.45) is 7.05 Å². The fourth-order valence-corrected chi connectivity index (χ4v) is 3.06. The molecule has 0 amide bonds. The lowest BCUT2D eigenvalue weighted by Gasteiger charge is -2.22. The van der Waals surface area contributed by atoms with Crippen LogP contribution >= 0.6 is 0 Å². The van der Waals surface area contributed by atoms with E-state index < -0.39 is 0 Å². The molecule has 1 aliphatic carbocycles. The molecule has 0 unspecified atom stereocenters. The molecule has 0 bridgehead atoms. The second-order valence-corrected chi connectivity index (χ2v) is 6.06. The summed E-state index contributed by atoms with van der Waals surface area (Å²) in [5.41, 5.74) is 2.78. The molecule has 112 valence electrons. The minimum absolute atomic E-state index is 0.0272. The van der Waals surface area contributed by atoms with Crippen molar-refractivity contribution in [1.82, 2.24) is 19.6 Å². The molecule has 0 N–H and O–H groups in total. The maximum atomic E-state index is 12.5. The van der Waals surface area contributed by atoms with Crippen LogP contribution in [0.5, 0.6) is 0 Å². The number of nitrogens with zero attached hydrogens (tertiary/aromatic N) is 4. The second-order valence-electron chi connectivity index (χ2n) is 6.06. The van der Waals surface area contributed by atoms with Gasteiger partial charge in [0.2, 0.25) is 0 Å². The van der Waals surface area contributed by atoms with Gasteiger partial charge in [0.25, 0.3) is 5.56 Å². The Morgan fingerprint density at radius 3 is 2.86 bits per heavy atom. The van der Waals surface area contributed by atoms with E-state index in [0.717, 1.165) is 22.2 Å². The van der Waals surface area contributed by atoms with Crippen molar-refractivity contribution in [2.75, 3.05) is 0 Å². The van der Waals surface area contributed by atoms with Gasteiger partial charge in [-0.25, -0.2) is 4.68 Å². The molecule has 2 aromatic heterocycles. The fraction of sp³-hybridized carbons (Fsp3) is 0.353. The van der Waals surface area contributed by atoms with E-state index in [-0.39, 0.29) is 5.56 Å². The Kier molecular flexibility index (Phi) is 3.06. The Labute approximate surface area is 128 Å². The molecule has 0 saturated heterocycles. The first-order valence-electron chi connectivity index (χ1n) is 7.70. The molecule has 4 rings (SSSR count). The molecule has 1 fully saturated rings. The van der Waals surface area contributed by atoms with E-state index in [2.05, 4.69) is 10.3 Å². The monoisotopic (exact) mass is 294 g/mol. The van der Waals surface area contributed by atoms with Crippen molar-refractivity contribution in [3.63, 3.8) is 0 Å². The summed E-state index contributed by atoms with van der Waals surface area (Å²) in [5, 5.41) is 9.51. The summed E-state index contributed by atoms with van der Waals surface area (Å²) in [6, 6.07) is 9.89. The molecule has 0 atom stereocenters. The summed E-state index contributed by atoms with van der Waals surface area (Å²) >= 11 is 0. The van der Waals surface area contributed by atoms with Crippen molar-refractivity contribution in [3.05, 3.63) is 58.1 Å². The van der Waals surface area contributed by atoms with Crippen LogP contribution in [0.3, 0.4) is 0 Å². The molecule has 2 heterocycles. The number of hydrogen-bond acceptors (Lipinski definition) is 3. The lowest BCUT2D eigenvalue weighted by molar-refractivity contribution is 0.410. The third-order valence-corrected chi connectivity index (χ3v) is 4.62. The van der Waals surface area contributed by atoms with Crippen molar-refractivity contribution < 1.29 is 0 Å². The van der Waals surface area contributed by atoms with Gasteiger partial charge in [-0.1, -0.05) is 29.8 Å². The SMILES string of the molecule is Cn1c(=O)c(Cn2cc(C3CCC3)nn2)cc2ccccc21. The molecule has 5 nitrogen and oxygen atoms in total. The van der Waals surface area contributed by atoms with Crippen LogP contribution in [0.2, 0.25) is 0 Å². The topological polar surface area (TPSA) is 52.7 Å². The zero-order chi connectivity index (χ0) is 15.1. The zero-order valence-corrected chi connectivity index (χ0v) is 12.6. The number of benzene rings is 1. The lowest BCUT2D eigenvalue weighted by Crippen LogP contribution is -2.23. The highest BCUT2D eigenvalue weighted by Gasteiger charge is 2.22. The third-order valence-electron chi connectivity index (χ3n) is 4.62. The Balaban J connectivity index is 1.70.